The molecule has 0 amide bonds. The number of nitrogens with zero attached hydrogens (tertiary/aromatic N) is 2. The second-order valence-corrected chi connectivity index (χ2v) is 20.4. The van der Waals surface area contributed by atoms with Gasteiger partial charge in [0.15, 0.2) is 0 Å². The molecule has 332 valence electrons. The monoisotopic (exact) mass is 894 g/mol. The van der Waals surface area contributed by atoms with Gasteiger partial charge in [-0.25, -0.2) is 0 Å². The summed E-state index contributed by atoms with van der Waals surface area (Å²) in [4.78, 5) is 5.02. The molecule has 12 aromatic rings. The van der Waals surface area contributed by atoms with Crippen LogP contribution < -0.4 is 9.80 Å². The Balaban J connectivity index is 0.958. The van der Waals surface area contributed by atoms with Crippen LogP contribution in [0.25, 0.3) is 76.1 Å². The minimum absolute atomic E-state index is 0.265. The summed E-state index contributed by atoms with van der Waals surface area (Å²) in [5.74, 6) is 0. The minimum atomic E-state index is -0.272. The molecule has 0 unspecified atom stereocenters. The Morgan fingerprint density at radius 1 is 0.257 bits per heavy atom. The molecule has 14 rings (SSSR count). The lowest BCUT2D eigenvalue weighted by Crippen LogP contribution is -2.25. The van der Waals surface area contributed by atoms with Crippen LogP contribution in [0.15, 0.2) is 231 Å². The first-order chi connectivity index (χ1) is 34.3. The van der Waals surface area contributed by atoms with Crippen molar-refractivity contribution in [2.45, 2.75) is 38.5 Å². The Bertz CT molecular complexity index is 3980. The summed E-state index contributed by atoms with van der Waals surface area (Å²) < 4.78 is 0. The van der Waals surface area contributed by atoms with E-state index < -0.39 is 0 Å². The molecule has 2 heteroatoms. The quantitative estimate of drug-likeness (QED) is 0.164. The molecular formula is C68H50N2. The van der Waals surface area contributed by atoms with E-state index in [-0.39, 0.29) is 10.8 Å². The second-order valence-electron chi connectivity index (χ2n) is 20.4. The third kappa shape index (κ3) is 5.80. The van der Waals surface area contributed by atoms with E-state index in [1.54, 1.807) is 0 Å². The van der Waals surface area contributed by atoms with E-state index in [1.807, 2.05) is 0 Å². The van der Waals surface area contributed by atoms with E-state index in [0.29, 0.717) is 0 Å². The smallest absolute Gasteiger partial charge is 0.0541 e. The summed E-state index contributed by atoms with van der Waals surface area (Å²) in [6.07, 6.45) is 0. The SMILES string of the molecule is CC1(C)c2cc(N(c3cccc4ccccc34)c3cccc4ccccc34)ccc2-c2cc3c(cc21)-c1ccc(N(c2cccc4ccccc24)c2cccc4ccccc24)c2cccc(c12)C3(C)C. The molecule has 0 heterocycles. The molecule has 0 radical (unpaired) electrons. The van der Waals surface area contributed by atoms with Crippen LogP contribution in [0.5, 0.6) is 0 Å². The molecule has 2 nitrogen and oxygen atoms in total. The van der Waals surface area contributed by atoms with Crippen molar-refractivity contribution in [3.05, 3.63) is 253 Å². The maximum absolute atomic E-state index is 2.57. The van der Waals surface area contributed by atoms with Crippen molar-refractivity contribution in [1.82, 2.24) is 0 Å². The highest BCUT2D eigenvalue weighted by molar-refractivity contribution is 6.14. The van der Waals surface area contributed by atoms with Crippen molar-refractivity contribution in [2.24, 2.45) is 0 Å². The molecule has 0 atom stereocenters. The van der Waals surface area contributed by atoms with Gasteiger partial charge >= 0.3 is 0 Å². The first-order valence-corrected chi connectivity index (χ1v) is 24.7. The highest BCUT2D eigenvalue weighted by Crippen LogP contribution is 2.58. The van der Waals surface area contributed by atoms with Gasteiger partial charge < -0.3 is 9.80 Å². The van der Waals surface area contributed by atoms with E-state index in [4.69, 9.17) is 0 Å². The van der Waals surface area contributed by atoms with Gasteiger partial charge in [0, 0.05) is 43.4 Å². The van der Waals surface area contributed by atoms with Gasteiger partial charge in [0.1, 0.15) is 0 Å². The van der Waals surface area contributed by atoms with E-state index in [1.165, 1.54) is 127 Å². The summed E-state index contributed by atoms with van der Waals surface area (Å²) in [5, 5.41) is 12.4. The molecule has 0 fully saturated rings. The average Bonchev–Trinajstić information content (AvgIpc) is 3.62. The summed E-state index contributed by atoms with van der Waals surface area (Å²) in [5.41, 5.74) is 17.2. The molecule has 0 spiro atoms. The van der Waals surface area contributed by atoms with Crippen LogP contribution in [-0.2, 0) is 10.8 Å². The zero-order chi connectivity index (χ0) is 46.9. The molecule has 0 saturated heterocycles. The topological polar surface area (TPSA) is 6.48 Å². The lowest BCUT2D eigenvalue weighted by atomic mass is 9.67. The molecule has 2 aliphatic rings. The number of hydrogen-bond acceptors (Lipinski definition) is 2. The number of rotatable bonds is 6. The zero-order valence-electron chi connectivity index (χ0n) is 39.8. The van der Waals surface area contributed by atoms with E-state index >= 15 is 0 Å². The fourth-order valence-electron chi connectivity index (χ4n) is 12.5. The van der Waals surface area contributed by atoms with Crippen LogP contribution in [0.4, 0.5) is 34.1 Å². The van der Waals surface area contributed by atoms with Gasteiger partial charge in [0.2, 0.25) is 0 Å². The average molecular weight is 895 g/mol. The van der Waals surface area contributed by atoms with Crippen molar-refractivity contribution >= 4 is 88.0 Å². The van der Waals surface area contributed by atoms with Gasteiger partial charge in [0.25, 0.3) is 0 Å². The molecule has 0 bridgehead atoms. The largest absolute Gasteiger partial charge is 0.309 e. The van der Waals surface area contributed by atoms with Crippen molar-refractivity contribution in [2.75, 3.05) is 9.80 Å². The molecule has 0 N–H and O–H groups in total. The second kappa shape index (κ2) is 15.0. The van der Waals surface area contributed by atoms with Gasteiger partial charge in [-0.05, 0) is 126 Å². The van der Waals surface area contributed by atoms with Gasteiger partial charge in [0.05, 0.1) is 28.4 Å². The normalized spacial score (nSPS) is 13.9. The minimum Gasteiger partial charge on any atom is -0.309 e. The lowest BCUT2D eigenvalue weighted by Gasteiger charge is -2.37. The van der Waals surface area contributed by atoms with Gasteiger partial charge in [-0.15, -0.1) is 0 Å². The molecule has 0 aliphatic heterocycles. The fourth-order valence-corrected chi connectivity index (χ4v) is 12.5. The Morgan fingerprint density at radius 2 is 0.614 bits per heavy atom. The molecular weight excluding hydrogens is 845 g/mol. The molecule has 0 saturated carbocycles. The predicted octanol–water partition coefficient (Wildman–Crippen LogP) is 19.0. The Kier molecular flexibility index (Phi) is 8.71. The molecule has 2 aliphatic carbocycles. The maximum Gasteiger partial charge on any atom is 0.0541 e. The van der Waals surface area contributed by atoms with Crippen molar-refractivity contribution < 1.29 is 0 Å². The highest BCUT2D eigenvalue weighted by Gasteiger charge is 2.41. The fraction of sp³-hybridized carbons (Fsp3) is 0.0882. The highest BCUT2D eigenvalue weighted by atomic mass is 15.2. The van der Waals surface area contributed by atoms with Gasteiger partial charge in [-0.1, -0.05) is 204 Å². The Hall–Kier alpha value is -8.46. The van der Waals surface area contributed by atoms with Crippen LogP contribution in [0.2, 0.25) is 0 Å². The van der Waals surface area contributed by atoms with Gasteiger partial charge in [-0.2, -0.15) is 0 Å². The summed E-state index contributed by atoms with van der Waals surface area (Å²) >= 11 is 0. The Labute approximate surface area is 409 Å². The summed E-state index contributed by atoms with van der Waals surface area (Å²) in [6.45, 7) is 9.74. The van der Waals surface area contributed by atoms with Crippen LogP contribution in [0, 0.1) is 0 Å². The summed E-state index contributed by atoms with van der Waals surface area (Å²) in [7, 11) is 0. The van der Waals surface area contributed by atoms with Crippen molar-refractivity contribution in [3.63, 3.8) is 0 Å². The third-order valence-electron chi connectivity index (χ3n) is 16.0. The van der Waals surface area contributed by atoms with E-state index in [0.717, 1.165) is 5.69 Å². The number of hydrogen-bond donors (Lipinski definition) is 0. The van der Waals surface area contributed by atoms with Crippen LogP contribution in [0.1, 0.15) is 49.9 Å². The lowest BCUT2D eigenvalue weighted by molar-refractivity contribution is 0.639. The first-order valence-electron chi connectivity index (χ1n) is 24.7. The first kappa shape index (κ1) is 40.6. The van der Waals surface area contributed by atoms with E-state index in [9.17, 15) is 0 Å². The number of anilines is 6. The van der Waals surface area contributed by atoms with E-state index in [2.05, 4.69) is 268 Å². The molecule has 70 heavy (non-hydrogen) atoms. The molecule has 12 aromatic carbocycles. The predicted molar refractivity (Wildman–Crippen MR) is 298 cm³/mol. The van der Waals surface area contributed by atoms with Crippen molar-refractivity contribution in [3.8, 4) is 22.3 Å². The van der Waals surface area contributed by atoms with Crippen LogP contribution >= 0.6 is 0 Å². The van der Waals surface area contributed by atoms with Crippen LogP contribution in [0.3, 0.4) is 0 Å². The standard InChI is InChI=1S/C68H50N2/c1-67(2)57-31-17-30-54-65(70(63-34-15-24-45-20-7-11-28-50(45)63)64-35-16-25-46-21-8-12-29-51(46)64)39-38-53(66(54)57)56-42-59-55(41-60(56)67)52-37-36-47(40-58(52)68(59,3)4)69(61-32-13-22-43-18-5-9-26-48(43)61)62-33-14-23-44-19-6-10-27-49(44)62/h5-42H,1-4H3. The Morgan fingerprint density at radius 3 is 1.11 bits per heavy atom. The summed E-state index contributed by atoms with van der Waals surface area (Å²) in [6, 6.07) is 86.1. The third-order valence-corrected chi connectivity index (χ3v) is 16.0. The number of fused-ring (bicyclic) bond motifs is 9. The molecule has 0 aromatic heterocycles. The van der Waals surface area contributed by atoms with Crippen molar-refractivity contribution in [1.29, 1.82) is 0 Å². The van der Waals surface area contributed by atoms with Crippen LogP contribution in [-0.4, -0.2) is 0 Å². The maximum atomic E-state index is 2.57. The number of benzene rings is 12. The zero-order valence-corrected chi connectivity index (χ0v) is 39.8. The van der Waals surface area contributed by atoms with Gasteiger partial charge in [-0.3, -0.25) is 0 Å².